The van der Waals surface area contributed by atoms with Gasteiger partial charge >= 0.3 is 0 Å². The van der Waals surface area contributed by atoms with Crippen molar-refractivity contribution < 1.29 is 8.42 Å². The van der Waals surface area contributed by atoms with E-state index in [0.717, 1.165) is 4.31 Å². The van der Waals surface area contributed by atoms with Gasteiger partial charge in [0.1, 0.15) is 5.21 Å². The number of rotatable bonds is 4. The molecular weight excluding hydrogens is 174 g/mol. The fraction of sp³-hybridized carbons (Fsp3) is 0.600. The molecule has 0 saturated heterocycles. The molecule has 10 heavy (non-hydrogen) atoms. The van der Waals surface area contributed by atoms with E-state index < -0.39 is 10.0 Å². The van der Waals surface area contributed by atoms with Crippen LogP contribution in [0, 0.1) is 0 Å². The van der Waals surface area contributed by atoms with E-state index in [9.17, 15) is 8.42 Å². The summed E-state index contributed by atoms with van der Waals surface area (Å²) in [6.45, 7) is 3.70. The topological polar surface area (TPSA) is 37.4 Å². The van der Waals surface area contributed by atoms with E-state index in [1.807, 2.05) is 0 Å². The highest BCUT2D eigenvalue weighted by Gasteiger charge is 2.13. The van der Waals surface area contributed by atoms with Gasteiger partial charge in [0.05, 0.1) is 0 Å². The lowest BCUT2D eigenvalue weighted by Gasteiger charge is -2.11. The number of halogens is 1. The van der Waals surface area contributed by atoms with Crippen LogP contribution in [-0.4, -0.2) is 31.5 Å². The molecule has 0 aromatic carbocycles. The van der Waals surface area contributed by atoms with Crippen molar-refractivity contribution in [3.63, 3.8) is 0 Å². The van der Waals surface area contributed by atoms with Crippen molar-refractivity contribution in [1.29, 1.82) is 0 Å². The summed E-state index contributed by atoms with van der Waals surface area (Å²) in [5.41, 5.74) is 0. The first kappa shape index (κ1) is 9.94. The number of hydrogen-bond acceptors (Lipinski definition) is 2. The molecule has 0 radical (unpaired) electrons. The second-order valence-corrected chi connectivity index (χ2v) is 4.45. The third kappa shape index (κ3) is 2.68. The Morgan fingerprint density at radius 1 is 1.70 bits per heavy atom. The molecule has 0 heterocycles. The summed E-state index contributed by atoms with van der Waals surface area (Å²) < 4.78 is 22.8. The number of hydrogen-bond donors (Lipinski definition) is 0. The molecule has 0 aliphatic rings. The standard InChI is InChI=1S/C5H10ClNO2S/c1-3-4-7(2)10(8,9)5-6/h3H,1,4-5H2,2H3. The Balaban J connectivity index is 4.19. The minimum absolute atomic E-state index is 0.301. The van der Waals surface area contributed by atoms with Gasteiger partial charge < -0.3 is 0 Å². The van der Waals surface area contributed by atoms with Gasteiger partial charge in [-0.3, -0.25) is 0 Å². The molecular formula is C5H10ClNO2S. The maximum atomic E-state index is 10.8. The van der Waals surface area contributed by atoms with Gasteiger partial charge in [0.25, 0.3) is 0 Å². The van der Waals surface area contributed by atoms with E-state index in [2.05, 4.69) is 6.58 Å². The van der Waals surface area contributed by atoms with Crippen LogP contribution in [0.4, 0.5) is 0 Å². The minimum Gasteiger partial charge on any atom is -0.211 e. The van der Waals surface area contributed by atoms with Gasteiger partial charge in [-0.1, -0.05) is 6.08 Å². The summed E-state index contributed by atoms with van der Waals surface area (Å²) in [7, 11) is -1.78. The van der Waals surface area contributed by atoms with Crippen LogP contribution in [0.3, 0.4) is 0 Å². The zero-order valence-corrected chi connectivity index (χ0v) is 7.32. The molecule has 60 valence electrons. The van der Waals surface area contributed by atoms with Gasteiger partial charge in [-0.2, -0.15) is 0 Å². The van der Waals surface area contributed by atoms with Gasteiger partial charge in [0, 0.05) is 13.6 Å². The molecule has 0 N–H and O–H groups in total. The zero-order valence-electron chi connectivity index (χ0n) is 5.75. The number of sulfonamides is 1. The van der Waals surface area contributed by atoms with Crippen molar-refractivity contribution >= 4 is 21.6 Å². The quantitative estimate of drug-likeness (QED) is 0.474. The van der Waals surface area contributed by atoms with Crippen LogP contribution in [0.15, 0.2) is 12.7 Å². The summed E-state index contributed by atoms with van der Waals surface area (Å²) in [6.07, 6.45) is 1.50. The smallest absolute Gasteiger partial charge is 0.211 e. The molecule has 0 fully saturated rings. The summed E-state index contributed by atoms with van der Waals surface area (Å²) >= 11 is 5.16. The third-order valence-corrected chi connectivity index (χ3v) is 3.20. The molecule has 0 aliphatic heterocycles. The Labute approximate surface area is 66.3 Å². The van der Waals surface area contributed by atoms with Crippen LogP contribution < -0.4 is 0 Å². The summed E-state index contributed by atoms with van der Waals surface area (Å²) in [5, 5.41) is -0.378. The van der Waals surface area contributed by atoms with Crippen molar-refractivity contribution in [2.24, 2.45) is 0 Å². The highest BCUT2D eigenvalue weighted by Crippen LogP contribution is 1.98. The highest BCUT2D eigenvalue weighted by atomic mass is 35.5. The Hall–Kier alpha value is -0.0600. The van der Waals surface area contributed by atoms with Gasteiger partial charge in [-0.15, -0.1) is 18.2 Å². The summed E-state index contributed by atoms with van der Waals surface area (Å²) in [6, 6.07) is 0. The fourth-order valence-corrected chi connectivity index (χ4v) is 1.38. The number of alkyl halides is 1. The lowest BCUT2D eigenvalue weighted by atomic mass is 10.6. The van der Waals surface area contributed by atoms with E-state index in [1.165, 1.54) is 13.1 Å². The molecule has 0 aromatic heterocycles. The average molecular weight is 184 g/mol. The van der Waals surface area contributed by atoms with Gasteiger partial charge in [0.2, 0.25) is 10.0 Å². The number of likely N-dealkylation sites (N-methyl/N-ethyl adjacent to an activating group) is 1. The predicted octanol–water partition coefficient (Wildman–Crippen LogP) is 0.630. The van der Waals surface area contributed by atoms with Gasteiger partial charge in [-0.05, 0) is 0 Å². The monoisotopic (exact) mass is 183 g/mol. The van der Waals surface area contributed by atoms with Gasteiger partial charge in [0.15, 0.2) is 0 Å². The normalized spacial score (nSPS) is 11.9. The fourth-order valence-electron chi connectivity index (χ4n) is 0.379. The molecule has 0 bridgehead atoms. The van der Waals surface area contributed by atoms with E-state index in [4.69, 9.17) is 11.6 Å². The molecule has 0 amide bonds. The molecule has 0 saturated carbocycles. The molecule has 0 aromatic rings. The Morgan fingerprint density at radius 3 is 2.50 bits per heavy atom. The Kier molecular flexibility index (Phi) is 3.93. The van der Waals surface area contributed by atoms with Crippen LogP contribution in [0.25, 0.3) is 0 Å². The van der Waals surface area contributed by atoms with E-state index in [1.54, 1.807) is 0 Å². The second-order valence-electron chi connectivity index (χ2n) is 1.79. The lowest BCUT2D eigenvalue weighted by molar-refractivity contribution is 0.504. The summed E-state index contributed by atoms with van der Waals surface area (Å²) in [4.78, 5) is 0. The zero-order chi connectivity index (χ0) is 8.20. The van der Waals surface area contributed by atoms with Gasteiger partial charge in [-0.25, -0.2) is 12.7 Å². The van der Waals surface area contributed by atoms with Crippen molar-refractivity contribution in [2.45, 2.75) is 0 Å². The Bertz CT molecular complexity index is 200. The third-order valence-electron chi connectivity index (χ3n) is 0.999. The van der Waals surface area contributed by atoms with Crippen molar-refractivity contribution in [3.8, 4) is 0 Å². The molecule has 3 nitrogen and oxygen atoms in total. The Morgan fingerprint density at radius 2 is 2.20 bits per heavy atom. The largest absolute Gasteiger partial charge is 0.228 e. The molecule has 0 spiro atoms. The number of nitrogens with zero attached hydrogens (tertiary/aromatic N) is 1. The molecule has 0 rings (SSSR count). The minimum atomic E-state index is -3.23. The van der Waals surface area contributed by atoms with E-state index >= 15 is 0 Å². The van der Waals surface area contributed by atoms with E-state index in [-0.39, 0.29) is 5.21 Å². The summed E-state index contributed by atoms with van der Waals surface area (Å²) in [5.74, 6) is 0. The maximum absolute atomic E-state index is 10.8. The second kappa shape index (κ2) is 3.95. The molecule has 5 heteroatoms. The van der Waals surface area contributed by atoms with Crippen LogP contribution in [0.1, 0.15) is 0 Å². The molecule has 0 unspecified atom stereocenters. The first-order valence-corrected chi connectivity index (χ1v) is 4.80. The van der Waals surface area contributed by atoms with Crippen LogP contribution in [0.2, 0.25) is 0 Å². The maximum Gasteiger partial charge on any atom is 0.228 e. The van der Waals surface area contributed by atoms with Crippen molar-refractivity contribution in [1.82, 2.24) is 4.31 Å². The predicted molar refractivity (Wildman–Crippen MR) is 42.5 cm³/mol. The highest BCUT2D eigenvalue weighted by molar-refractivity contribution is 7.90. The average Bonchev–Trinajstić information content (AvgIpc) is 1.89. The first-order chi connectivity index (χ1) is 4.54. The van der Waals surface area contributed by atoms with Crippen LogP contribution >= 0.6 is 11.6 Å². The van der Waals surface area contributed by atoms with Crippen LogP contribution in [-0.2, 0) is 10.0 Å². The lowest BCUT2D eigenvalue weighted by Crippen LogP contribution is -2.27. The molecule has 0 aliphatic carbocycles. The van der Waals surface area contributed by atoms with E-state index in [0.29, 0.717) is 6.54 Å². The van der Waals surface area contributed by atoms with Crippen molar-refractivity contribution in [3.05, 3.63) is 12.7 Å². The molecule has 0 atom stereocenters. The van der Waals surface area contributed by atoms with Crippen LogP contribution in [0.5, 0.6) is 0 Å². The van der Waals surface area contributed by atoms with Crippen molar-refractivity contribution in [2.75, 3.05) is 18.8 Å². The first-order valence-electron chi connectivity index (χ1n) is 2.65. The SMILES string of the molecule is C=CCN(C)S(=O)(=O)CCl.